The second kappa shape index (κ2) is 22.9. The minimum Gasteiger partial charge on any atom is -0.340 e. The fourth-order valence-corrected chi connectivity index (χ4v) is 5.56. The number of unbranched alkanes of at least 4 members (excludes halogenated alkanes) is 20. The molecular weight excluding hydrogens is 416 g/mol. The van der Waals surface area contributed by atoms with Crippen LogP contribution in [0.5, 0.6) is 0 Å². The van der Waals surface area contributed by atoms with Crippen LogP contribution >= 0.6 is 0 Å². The van der Waals surface area contributed by atoms with E-state index < -0.39 is 0 Å². The fourth-order valence-electron chi connectivity index (χ4n) is 5.56. The first-order valence-corrected chi connectivity index (χ1v) is 15.7. The van der Waals surface area contributed by atoms with Crippen LogP contribution in [0.25, 0.3) is 0 Å². The summed E-state index contributed by atoms with van der Waals surface area (Å²) in [7, 11) is 0. The van der Waals surface area contributed by atoms with Crippen molar-refractivity contribution in [3.05, 3.63) is 0 Å². The summed E-state index contributed by atoms with van der Waals surface area (Å²) in [5.74, 6) is 0.389. The molecule has 0 N–H and O–H groups in total. The van der Waals surface area contributed by atoms with Crippen molar-refractivity contribution in [3.63, 3.8) is 0 Å². The van der Waals surface area contributed by atoms with E-state index in [1.165, 1.54) is 128 Å². The van der Waals surface area contributed by atoms with Gasteiger partial charge in [-0.05, 0) is 19.9 Å². The third-order valence-corrected chi connectivity index (χ3v) is 8.02. The van der Waals surface area contributed by atoms with Gasteiger partial charge < -0.3 is 4.90 Å². The first kappa shape index (κ1) is 31.5. The molecule has 1 aliphatic rings. The standard InChI is InChI=1S/C31H62N2O/c1-4-6-7-8-9-10-11-12-13-14-15-16-17-18-19-20-21-22-23-24-25-26-31(34)33-28-27-32(5-2)30(3)29-33/h30H,4-29H2,1-3H3. The second-order valence-electron chi connectivity index (χ2n) is 11.1. The number of piperazine rings is 1. The molecule has 0 radical (unpaired) electrons. The number of likely N-dealkylation sites (N-methyl/N-ethyl adjacent to an activating group) is 1. The molecule has 1 rings (SSSR count). The zero-order chi connectivity index (χ0) is 24.7. The molecule has 0 aromatic heterocycles. The summed E-state index contributed by atoms with van der Waals surface area (Å²) in [4.78, 5) is 17.0. The third kappa shape index (κ3) is 17.0. The van der Waals surface area contributed by atoms with Gasteiger partial charge in [-0.25, -0.2) is 0 Å². The fraction of sp³-hybridized carbons (Fsp3) is 0.968. The zero-order valence-electron chi connectivity index (χ0n) is 23.8. The summed E-state index contributed by atoms with van der Waals surface area (Å²) < 4.78 is 0. The van der Waals surface area contributed by atoms with Crippen molar-refractivity contribution in [1.29, 1.82) is 0 Å². The van der Waals surface area contributed by atoms with E-state index in [1.807, 2.05) is 0 Å². The molecule has 34 heavy (non-hydrogen) atoms. The zero-order valence-corrected chi connectivity index (χ0v) is 23.8. The predicted octanol–water partition coefficient (Wildman–Crippen LogP) is 9.14. The van der Waals surface area contributed by atoms with E-state index in [-0.39, 0.29) is 0 Å². The average molecular weight is 479 g/mol. The Hall–Kier alpha value is -0.570. The van der Waals surface area contributed by atoms with Gasteiger partial charge in [-0.2, -0.15) is 0 Å². The van der Waals surface area contributed by atoms with Crippen molar-refractivity contribution in [2.75, 3.05) is 26.2 Å². The number of nitrogens with zero attached hydrogens (tertiary/aromatic N) is 2. The van der Waals surface area contributed by atoms with E-state index >= 15 is 0 Å². The van der Waals surface area contributed by atoms with Gasteiger partial charge in [0.15, 0.2) is 0 Å². The van der Waals surface area contributed by atoms with Gasteiger partial charge in [-0.15, -0.1) is 0 Å². The number of hydrogen-bond donors (Lipinski definition) is 0. The Kier molecular flexibility index (Phi) is 21.2. The minimum atomic E-state index is 0.389. The molecule has 1 aliphatic heterocycles. The molecule has 3 nitrogen and oxygen atoms in total. The molecule has 1 unspecified atom stereocenters. The second-order valence-corrected chi connectivity index (χ2v) is 11.1. The van der Waals surface area contributed by atoms with Crippen molar-refractivity contribution in [2.24, 2.45) is 0 Å². The third-order valence-electron chi connectivity index (χ3n) is 8.02. The Morgan fingerprint density at radius 3 is 1.32 bits per heavy atom. The molecule has 0 bridgehead atoms. The van der Waals surface area contributed by atoms with E-state index in [1.54, 1.807) is 0 Å². The van der Waals surface area contributed by atoms with Crippen LogP contribution in [0.4, 0.5) is 0 Å². The van der Waals surface area contributed by atoms with Crippen molar-refractivity contribution in [3.8, 4) is 0 Å². The number of rotatable bonds is 23. The lowest BCUT2D eigenvalue weighted by molar-refractivity contribution is -0.134. The minimum absolute atomic E-state index is 0.389. The Morgan fingerprint density at radius 1 is 0.588 bits per heavy atom. The van der Waals surface area contributed by atoms with Crippen LogP contribution in [0, 0.1) is 0 Å². The molecule has 3 heteroatoms. The van der Waals surface area contributed by atoms with Gasteiger partial charge >= 0.3 is 0 Å². The molecule has 1 heterocycles. The van der Waals surface area contributed by atoms with Crippen LogP contribution in [0.15, 0.2) is 0 Å². The maximum absolute atomic E-state index is 12.4. The van der Waals surface area contributed by atoms with Gasteiger partial charge in [0.1, 0.15) is 0 Å². The molecule has 1 amide bonds. The van der Waals surface area contributed by atoms with E-state index in [9.17, 15) is 4.79 Å². The van der Waals surface area contributed by atoms with E-state index in [0.29, 0.717) is 11.9 Å². The molecule has 0 aliphatic carbocycles. The molecule has 1 atom stereocenters. The van der Waals surface area contributed by atoms with Gasteiger partial charge in [0.2, 0.25) is 5.91 Å². The lowest BCUT2D eigenvalue weighted by Gasteiger charge is -2.39. The largest absolute Gasteiger partial charge is 0.340 e. The summed E-state index contributed by atoms with van der Waals surface area (Å²) in [6.07, 6.45) is 30.3. The van der Waals surface area contributed by atoms with Crippen molar-refractivity contribution in [2.45, 2.75) is 168 Å². The van der Waals surface area contributed by atoms with Crippen molar-refractivity contribution in [1.82, 2.24) is 9.80 Å². The molecule has 0 spiro atoms. The highest BCUT2D eigenvalue weighted by Gasteiger charge is 2.24. The summed E-state index contributed by atoms with van der Waals surface area (Å²) in [5.41, 5.74) is 0. The molecular formula is C31H62N2O. The maximum Gasteiger partial charge on any atom is 0.222 e. The van der Waals surface area contributed by atoms with Crippen LogP contribution < -0.4 is 0 Å². The predicted molar refractivity (Wildman–Crippen MR) is 151 cm³/mol. The van der Waals surface area contributed by atoms with Gasteiger partial charge in [0, 0.05) is 32.1 Å². The van der Waals surface area contributed by atoms with E-state index in [0.717, 1.165) is 39.0 Å². The summed E-state index contributed by atoms with van der Waals surface area (Å²) in [6.45, 7) is 10.8. The van der Waals surface area contributed by atoms with Crippen molar-refractivity contribution >= 4 is 5.91 Å². The summed E-state index contributed by atoms with van der Waals surface area (Å²) in [5, 5.41) is 0. The first-order valence-electron chi connectivity index (χ1n) is 15.7. The lowest BCUT2D eigenvalue weighted by Crippen LogP contribution is -2.53. The van der Waals surface area contributed by atoms with E-state index in [2.05, 4.69) is 30.6 Å². The maximum atomic E-state index is 12.4. The topological polar surface area (TPSA) is 23.6 Å². The highest BCUT2D eigenvalue weighted by Crippen LogP contribution is 2.16. The van der Waals surface area contributed by atoms with Crippen LogP contribution in [-0.2, 0) is 4.79 Å². The number of carbonyl (C=O) groups excluding carboxylic acids is 1. The Bertz CT molecular complexity index is 453. The van der Waals surface area contributed by atoms with Crippen LogP contribution in [-0.4, -0.2) is 47.9 Å². The van der Waals surface area contributed by atoms with Gasteiger partial charge in [0.05, 0.1) is 0 Å². The Morgan fingerprint density at radius 2 is 0.971 bits per heavy atom. The average Bonchev–Trinajstić information content (AvgIpc) is 2.84. The molecule has 1 fully saturated rings. The SMILES string of the molecule is CCCCCCCCCCCCCCCCCCCCCCCC(=O)N1CCN(CC)C(C)C1. The van der Waals surface area contributed by atoms with Gasteiger partial charge in [-0.3, -0.25) is 9.69 Å². The van der Waals surface area contributed by atoms with Crippen LogP contribution in [0.3, 0.4) is 0 Å². The summed E-state index contributed by atoms with van der Waals surface area (Å²) in [6, 6.07) is 0.516. The van der Waals surface area contributed by atoms with Gasteiger partial charge in [0.25, 0.3) is 0 Å². The quantitative estimate of drug-likeness (QED) is 0.137. The Balaban J connectivity index is 1.75. The van der Waals surface area contributed by atoms with E-state index in [4.69, 9.17) is 0 Å². The monoisotopic (exact) mass is 478 g/mol. The molecule has 0 aromatic carbocycles. The lowest BCUT2D eigenvalue weighted by atomic mass is 10.0. The molecule has 1 saturated heterocycles. The van der Waals surface area contributed by atoms with Crippen LogP contribution in [0.1, 0.15) is 162 Å². The van der Waals surface area contributed by atoms with Crippen LogP contribution in [0.2, 0.25) is 0 Å². The number of hydrogen-bond acceptors (Lipinski definition) is 2. The first-order chi connectivity index (χ1) is 16.7. The molecule has 0 aromatic rings. The van der Waals surface area contributed by atoms with Crippen molar-refractivity contribution < 1.29 is 4.79 Å². The normalized spacial score (nSPS) is 16.9. The number of amides is 1. The molecule has 0 saturated carbocycles. The number of carbonyl (C=O) groups is 1. The smallest absolute Gasteiger partial charge is 0.222 e. The highest BCUT2D eigenvalue weighted by atomic mass is 16.2. The highest BCUT2D eigenvalue weighted by molar-refractivity contribution is 5.76. The molecule has 202 valence electrons. The van der Waals surface area contributed by atoms with Gasteiger partial charge in [-0.1, -0.05) is 142 Å². The summed E-state index contributed by atoms with van der Waals surface area (Å²) >= 11 is 0. The Labute approximate surface area is 214 Å².